The van der Waals surface area contributed by atoms with Crippen LogP contribution in [-0.4, -0.2) is 5.78 Å². The van der Waals surface area contributed by atoms with Gasteiger partial charge in [-0.2, -0.15) is 0 Å². The Morgan fingerprint density at radius 1 is 0.682 bits per heavy atom. The molecule has 1 heteroatoms. The minimum atomic E-state index is 0.140. The Balaban J connectivity index is 2.48. The highest BCUT2D eigenvalue weighted by atomic mass is 16.1. The molecular weight excluding hydrogens is 268 g/mol. The highest BCUT2D eigenvalue weighted by Gasteiger charge is 1.91. The fourth-order valence-corrected chi connectivity index (χ4v) is 2.07. The van der Waals surface area contributed by atoms with Crippen LogP contribution >= 0.6 is 0 Å². The maximum atomic E-state index is 11.6. The highest BCUT2D eigenvalue weighted by Crippen LogP contribution is 2.08. The molecule has 0 heterocycles. The SMILES string of the molecule is O=C1C=CC=CC=CC#CC=CCCCCCCCC=CC1. The van der Waals surface area contributed by atoms with Crippen molar-refractivity contribution in [3.63, 3.8) is 0 Å². The summed E-state index contributed by atoms with van der Waals surface area (Å²) < 4.78 is 0. The van der Waals surface area contributed by atoms with Gasteiger partial charge in [-0.15, -0.1) is 0 Å². The van der Waals surface area contributed by atoms with Crippen LogP contribution < -0.4 is 0 Å². The van der Waals surface area contributed by atoms with E-state index >= 15 is 0 Å². The van der Waals surface area contributed by atoms with Crippen LogP contribution in [0.1, 0.15) is 51.4 Å². The summed E-state index contributed by atoms with van der Waals surface area (Å²) in [7, 11) is 0. The van der Waals surface area contributed by atoms with Gasteiger partial charge in [0.25, 0.3) is 0 Å². The lowest BCUT2D eigenvalue weighted by Gasteiger charge is -1.98. The lowest BCUT2D eigenvalue weighted by Crippen LogP contribution is -1.88. The summed E-state index contributed by atoms with van der Waals surface area (Å²) >= 11 is 0. The molecule has 0 spiro atoms. The van der Waals surface area contributed by atoms with Crippen LogP contribution in [0.25, 0.3) is 0 Å². The Labute approximate surface area is 135 Å². The average molecular weight is 294 g/mol. The van der Waals surface area contributed by atoms with Gasteiger partial charge in [0, 0.05) is 6.42 Å². The Kier molecular flexibility index (Phi) is 11.4. The van der Waals surface area contributed by atoms with E-state index in [1.165, 1.54) is 32.1 Å². The Bertz CT molecular complexity index is 504. The zero-order chi connectivity index (χ0) is 15.7. The first kappa shape index (κ1) is 18.0. The molecule has 0 saturated heterocycles. The molecule has 0 aliphatic heterocycles. The Hall–Kier alpha value is -2.07. The van der Waals surface area contributed by atoms with Crippen molar-refractivity contribution in [1.29, 1.82) is 0 Å². The molecule has 0 aromatic heterocycles. The van der Waals surface area contributed by atoms with Crippen molar-refractivity contribution < 1.29 is 4.79 Å². The molecule has 0 atom stereocenters. The molecule has 1 rings (SSSR count). The van der Waals surface area contributed by atoms with E-state index < -0.39 is 0 Å². The van der Waals surface area contributed by atoms with Gasteiger partial charge in [0.2, 0.25) is 0 Å². The molecule has 1 aliphatic carbocycles. The fraction of sp³-hybridized carbons (Fsp3) is 0.381. The molecule has 0 radical (unpaired) electrons. The quantitative estimate of drug-likeness (QED) is 0.427. The van der Waals surface area contributed by atoms with Crippen molar-refractivity contribution in [3.8, 4) is 11.8 Å². The van der Waals surface area contributed by atoms with Gasteiger partial charge in [-0.05, 0) is 43.9 Å². The molecule has 1 aliphatic rings. The summed E-state index contributed by atoms with van der Waals surface area (Å²) in [4.78, 5) is 11.6. The number of carbonyl (C=O) groups is 1. The maximum Gasteiger partial charge on any atom is 0.159 e. The summed E-state index contributed by atoms with van der Waals surface area (Å²) in [6.07, 6.45) is 28.0. The van der Waals surface area contributed by atoms with Gasteiger partial charge in [-0.25, -0.2) is 0 Å². The molecule has 116 valence electrons. The molecule has 0 N–H and O–H groups in total. The monoisotopic (exact) mass is 294 g/mol. The first-order chi connectivity index (χ1) is 10.9. The molecule has 1 nitrogen and oxygen atoms in total. The molecule has 0 saturated carbocycles. The van der Waals surface area contributed by atoms with Crippen LogP contribution in [0.5, 0.6) is 0 Å². The summed E-state index contributed by atoms with van der Waals surface area (Å²) in [6.45, 7) is 0. The molecule has 22 heavy (non-hydrogen) atoms. The summed E-state index contributed by atoms with van der Waals surface area (Å²) in [5.74, 6) is 6.09. The van der Waals surface area contributed by atoms with E-state index in [0.717, 1.165) is 12.8 Å². The number of hydrogen-bond acceptors (Lipinski definition) is 1. The van der Waals surface area contributed by atoms with Gasteiger partial charge in [0.1, 0.15) is 0 Å². The van der Waals surface area contributed by atoms with Crippen LogP contribution in [0.2, 0.25) is 0 Å². The zero-order valence-electron chi connectivity index (χ0n) is 13.3. The smallest absolute Gasteiger partial charge is 0.159 e. The maximum absolute atomic E-state index is 11.6. The largest absolute Gasteiger partial charge is 0.295 e. The lowest BCUT2D eigenvalue weighted by molar-refractivity contribution is -0.113. The van der Waals surface area contributed by atoms with Crippen molar-refractivity contribution in [3.05, 3.63) is 60.8 Å². The number of hydrogen-bond donors (Lipinski definition) is 0. The Morgan fingerprint density at radius 2 is 1.36 bits per heavy atom. The van der Waals surface area contributed by atoms with E-state index in [9.17, 15) is 4.79 Å². The van der Waals surface area contributed by atoms with E-state index in [4.69, 9.17) is 0 Å². The predicted octanol–water partition coefficient (Wildman–Crippen LogP) is 5.47. The predicted molar refractivity (Wildman–Crippen MR) is 95.4 cm³/mol. The first-order valence-electron chi connectivity index (χ1n) is 8.23. The van der Waals surface area contributed by atoms with E-state index in [0.29, 0.717) is 6.42 Å². The number of allylic oxidation sites excluding steroid dienone is 10. The Morgan fingerprint density at radius 3 is 2.23 bits per heavy atom. The van der Waals surface area contributed by atoms with Gasteiger partial charge in [0.05, 0.1) is 0 Å². The fourth-order valence-electron chi connectivity index (χ4n) is 2.07. The lowest BCUT2D eigenvalue weighted by atomic mass is 10.1. The van der Waals surface area contributed by atoms with Crippen LogP contribution in [0.15, 0.2) is 60.8 Å². The summed E-state index contributed by atoms with van der Waals surface area (Å²) in [5, 5.41) is 0. The zero-order valence-corrected chi connectivity index (χ0v) is 13.3. The normalized spacial score (nSPS) is 18.5. The molecule has 0 aromatic carbocycles. The topological polar surface area (TPSA) is 17.1 Å². The minimum Gasteiger partial charge on any atom is -0.295 e. The molecular formula is C21H26O. The average Bonchev–Trinajstić information content (AvgIpc) is 2.52. The number of rotatable bonds is 0. The van der Waals surface area contributed by atoms with Crippen LogP contribution in [0.4, 0.5) is 0 Å². The van der Waals surface area contributed by atoms with E-state index in [1.807, 2.05) is 36.5 Å². The van der Waals surface area contributed by atoms with Crippen LogP contribution in [0, 0.1) is 11.8 Å². The van der Waals surface area contributed by atoms with Crippen LogP contribution in [-0.2, 0) is 4.79 Å². The second-order valence-corrected chi connectivity index (χ2v) is 5.28. The number of ketones is 1. The van der Waals surface area contributed by atoms with Gasteiger partial charge < -0.3 is 0 Å². The van der Waals surface area contributed by atoms with Crippen LogP contribution in [0.3, 0.4) is 0 Å². The second kappa shape index (κ2) is 13.9. The van der Waals surface area contributed by atoms with Gasteiger partial charge in [-0.3, -0.25) is 4.79 Å². The van der Waals surface area contributed by atoms with E-state index in [-0.39, 0.29) is 5.78 Å². The third-order valence-corrected chi connectivity index (χ3v) is 3.31. The van der Waals surface area contributed by atoms with Crippen molar-refractivity contribution in [1.82, 2.24) is 0 Å². The first-order valence-corrected chi connectivity index (χ1v) is 8.23. The van der Waals surface area contributed by atoms with Crippen molar-refractivity contribution in [2.24, 2.45) is 0 Å². The molecule has 0 fully saturated rings. The van der Waals surface area contributed by atoms with Gasteiger partial charge >= 0.3 is 0 Å². The number of carbonyl (C=O) groups excluding carboxylic acids is 1. The van der Waals surface area contributed by atoms with E-state index in [2.05, 4.69) is 24.0 Å². The minimum absolute atomic E-state index is 0.140. The molecule has 0 unspecified atom stereocenters. The van der Waals surface area contributed by atoms with Crippen molar-refractivity contribution in [2.45, 2.75) is 51.4 Å². The van der Waals surface area contributed by atoms with Crippen molar-refractivity contribution in [2.75, 3.05) is 0 Å². The third-order valence-electron chi connectivity index (χ3n) is 3.31. The van der Waals surface area contributed by atoms with Crippen molar-refractivity contribution >= 4 is 5.78 Å². The standard InChI is InChI=1S/C21H26O/c22-21-19-17-15-13-11-9-7-5-3-1-2-4-6-8-10-12-14-16-18-20-21/h1,3,9,11,13,15-19H,2,4,6,8,10,12,14,20H2. The third kappa shape index (κ3) is 11.7. The second-order valence-electron chi connectivity index (χ2n) is 5.28. The van der Waals surface area contributed by atoms with Gasteiger partial charge in [0.15, 0.2) is 5.78 Å². The van der Waals surface area contributed by atoms with E-state index in [1.54, 1.807) is 12.2 Å². The molecule has 0 amide bonds. The highest BCUT2D eigenvalue weighted by molar-refractivity contribution is 5.90. The molecule has 0 bridgehead atoms. The van der Waals surface area contributed by atoms with Gasteiger partial charge in [-0.1, -0.05) is 73.6 Å². The summed E-state index contributed by atoms with van der Waals surface area (Å²) in [5.41, 5.74) is 0. The summed E-state index contributed by atoms with van der Waals surface area (Å²) in [6, 6.07) is 0. The molecule has 0 aromatic rings.